The van der Waals surface area contributed by atoms with Gasteiger partial charge in [-0.25, -0.2) is 9.78 Å². The van der Waals surface area contributed by atoms with E-state index in [1.54, 1.807) is 30.5 Å². The number of pyridine rings is 1. The molecule has 7 heteroatoms. The number of benzene rings is 2. The van der Waals surface area contributed by atoms with Gasteiger partial charge in [0.05, 0.1) is 18.5 Å². The number of aromatic nitrogens is 3. The van der Waals surface area contributed by atoms with E-state index >= 15 is 0 Å². The molecular formula is C22H20N4O3. The zero-order valence-electron chi connectivity index (χ0n) is 15.7. The van der Waals surface area contributed by atoms with Crippen molar-refractivity contribution in [2.24, 2.45) is 0 Å². The fraction of sp³-hybridized carbons (Fsp3) is 0.136. The van der Waals surface area contributed by atoms with E-state index in [9.17, 15) is 9.59 Å². The van der Waals surface area contributed by atoms with E-state index in [0.29, 0.717) is 22.5 Å². The van der Waals surface area contributed by atoms with Gasteiger partial charge in [-0.15, -0.1) is 0 Å². The van der Waals surface area contributed by atoms with Crippen LogP contribution in [0.2, 0.25) is 0 Å². The van der Waals surface area contributed by atoms with Crippen LogP contribution in [0, 0.1) is 0 Å². The zero-order chi connectivity index (χ0) is 20.2. The van der Waals surface area contributed by atoms with Crippen LogP contribution in [0.3, 0.4) is 0 Å². The Kier molecular flexibility index (Phi) is 5.11. The van der Waals surface area contributed by atoms with Gasteiger partial charge in [-0.3, -0.25) is 13.9 Å². The molecule has 0 saturated carbocycles. The second-order valence-electron chi connectivity index (χ2n) is 6.60. The first-order valence-electron chi connectivity index (χ1n) is 9.24. The average molecular weight is 388 g/mol. The topological polar surface area (TPSA) is 92.1 Å². The molecule has 2 aromatic carbocycles. The number of rotatable bonds is 6. The molecule has 4 aromatic rings. The lowest BCUT2D eigenvalue weighted by atomic mass is 10.2. The minimum absolute atomic E-state index is 0.138. The Hall–Kier alpha value is -3.87. The first-order chi connectivity index (χ1) is 14.1. The van der Waals surface area contributed by atoms with Crippen molar-refractivity contribution in [3.63, 3.8) is 0 Å². The Bertz CT molecular complexity index is 1250. The fourth-order valence-corrected chi connectivity index (χ4v) is 3.16. The summed E-state index contributed by atoms with van der Waals surface area (Å²) < 4.78 is 8.37. The van der Waals surface area contributed by atoms with Crippen molar-refractivity contribution in [2.45, 2.75) is 13.1 Å². The number of anilines is 1. The molecule has 0 aliphatic rings. The second-order valence-corrected chi connectivity index (χ2v) is 6.60. The fourth-order valence-electron chi connectivity index (χ4n) is 3.16. The number of nitrogens with zero attached hydrogens (tertiary/aromatic N) is 3. The Labute approximate surface area is 166 Å². The predicted molar refractivity (Wildman–Crippen MR) is 112 cm³/mol. The third-order valence-electron chi connectivity index (χ3n) is 4.63. The summed E-state index contributed by atoms with van der Waals surface area (Å²) in [7, 11) is 0. The molecule has 2 aromatic heterocycles. The van der Waals surface area contributed by atoms with Gasteiger partial charge in [0.2, 0.25) is 0 Å². The maximum atomic E-state index is 13.1. The van der Waals surface area contributed by atoms with Gasteiger partial charge in [0.1, 0.15) is 18.0 Å². The molecule has 0 atom stereocenters. The molecule has 146 valence electrons. The van der Waals surface area contributed by atoms with E-state index in [4.69, 9.17) is 10.5 Å². The standard InChI is InChI=1S/C22H20N4O3/c23-17-10-8-16(9-11-17)15-26-20-19(7-4-12-24-20)21(27)25(22(26)28)13-14-29-18-5-2-1-3-6-18/h1-12H,13-15,23H2. The van der Waals surface area contributed by atoms with Crippen LogP contribution in [0.15, 0.2) is 82.5 Å². The van der Waals surface area contributed by atoms with Crippen LogP contribution >= 0.6 is 0 Å². The monoisotopic (exact) mass is 388 g/mol. The summed E-state index contributed by atoms with van der Waals surface area (Å²) in [6, 6.07) is 19.9. The van der Waals surface area contributed by atoms with Gasteiger partial charge in [-0.2, -0.15) is 0 Å². The molecule has 0 saturated heterocycles. The van der Waals surface area contributed by atoms with Crippen LogP contribution in [0.25, 0.3) is 11.0 Å². The van der Waals surface area contributed by atoms with Crippen molar-refractivity contribution in [3.8, 4) is 5.75 Å². The summed E-state index contributed by atoms with van der Waals surface area (Å²) in [6.07, 6.45) is 1.57. The molecule has 0 aliphatic heterocycles. The van der Waals surface area contributed by atoms with Crippen molar-refractivity contribution in [1.82, 2.24) is 14.1 Å². The Morgan fingerprint density at radius 2 is 1.66 bits per heavy atom. The maximum Gasteiger partial charge on any atom is 0.333 e. The van der Waals surface area contributed by atoms with E-state index in [-0.39, 0.29) is 25.3 Å². The number of ether oxygens (including phenoxy) is 1. The Morgan fingerprint density at radius 1 is 0.897 bits per heavy atom. The summed E-state index contributed by atoms with van der Waals surface area (Å²) >= 11 is 0. The van der Waals surface area contributed by atoms with E-state index in [2.05, 4.69) is 4.98 Å². The minimum atomic E-state index is -0.422. The highest BCUT2D eigenvalue weighted by Gasteiger charge is 2.14. The third-order valence-corrected chi connectivity index (χ3v) is 4.63. The van der Waals surface area contributed by atoms with Gasteiger partial charge in [-0.1, -0.05) is 30.3 Å². The Balaban J connectivity index is 1.71. The van der Waals surface area contributed by atoms with Crippen molar-refractivity contribution < 1.29 is 4.74 Å². The smallest absolute Gasteiger partial charge is 0.333 e. The molecule has 0 radical (unpaired) electrons. The second kappa shape index (κ2) is 8.02. The molecule has 0 amide bonds. The van der Waals surface area contributed by atoms with E-state index in [1.807, 2.05) is 42.5 Å². The summed E-state index contributed by atoms with van der Waals surface area (Å²) in [4.78, 5) is 30.3. The van der Waals surface area contributed by atoms with Crippen LogP contribution in [-0.2, 0) is 13.1 Å². The van der Waals surface area contributed by atoms with Crippen LogP contribution in [0.4, 0.5) is 5.69 Å². The minimum Gasteiger partial charge on any atom is -0.492 e. The molecule has 0 aliphatic carbocycles. The lowest BCUT2D eigenvalue weighted by molar-refractivity contribution is 0.292. The number of nitrogens with two attached hydrogens (primary N) is 1. The molecule has 29 heavy (non-hydrogen) atoms. The zero-order valence-corrected chi connectivity index (χ0v) is 15.7. The molecule has 2 heterocycles. The van der Waals surface area contributed by atoms with E-state index in [0.717, 1.165) is 5.56 Å². The van der Waals surface area contributed by atoms with Gasteiger partial charge in [0, 0.05) is 11.9 Å². The number of hydrogen-bond donors (Lipinski definition) is 1. The highest BCUT2D eigenvalue weighted by atomic mass is 16.5. The molecular weight excluding hydrogens is 368 g/mol. The molecule has 0 bridgehead atoms. The van der Waals surface area contributed by atoms with Gasteiger partial charge < -0.3 is 10.5 Å². The molecule has 0 fully saturated rings. The van der Waals surface area contributed by atoms with Gasteiger partial charge >= 0.3 is 5.69 Å². The van der Waals surface area contributed by atoms with Crippen LogP contribution in [0.1, 0.15) is 5.56 Å². The Morgan fingerprint density at radius 3 is 2.41 bits per heavy atom. The normalized spacial score (nSPS) is 10.9. The number of para-hydroxylation sites is 1. The molecule has 0 unspecified atom stereocenters. The van der Waals surface area contributed by atoms with Gasteiger partial charge in [-0.05, 0) is 42.0 Å². The largest absolute Gasteiger partial charge is 0.492 e. The van der Waals surface area contributed by atoms with E-state index in [1.165, 1.54) is 9.13 Å². The van der Waals surface area contributed by atoms with E-state index < -0.39 is 5.69 Å². The molecule has 2 N–H and O–H groups in total. The highest BCUT2D eigenvalue weighted by molar-refractivity contribution is 5.73. The van der Waals surface area contributed by atoms with Crippen molar-refractivity contribution in [1.29, 1.82) is 0 Å². The number of hydrogen-bond acceptors (Lipinski definition) is 5. The summed E-state index contributed by atoms with van der Waals surface area (Å²) in [5, 5.41) is 0.391. The molecule has 4 rings (SSSR count). The van der Waals surface area contributed by atoms with Crippen molar-refractivity contribution >= 4 is 16.7 Å². The quantitative estimate of drug-likeness (QED) is 0.512. The van der Waals surface area contributed by atoms with Gasteiger partial charge in [0.15, 0.2) is 0 Å². The van der Waals surface area contributed by atoms with Crippen LogP contribution in [0.5, 0.6) is 5.75 Å². The summed E-state index contributed by atoms with van der Waals surface area (Å²) in [6.45, 7) is 0.623. The molecule has 0 spiro atoms. The van der Waals surface area contributed by atoms with Crippen LogP contribution in [-0.4, -0.2) is 20.7 Å². The number of nitrogen functional groups attached to an aromatic ring is 1. The first-order valence-corrected chi connectivity index (χ1v) is 9.24. The number of fused-ring (bicyclic) bond motifs is 1. The predicted octanol–water partition coefficient (Wildman–Crippen LogP) is 2.27. The molecule has 7 nitrogen and oxygen atoms in total. The summed E-state index contributed by atoms with van der Waals surface area (Å²) in [5.41, 5.74) is 6.85. The van der Waals surface area contributed by atoms with Gasteiger partial charge in [0.25, 0.3) is 5.56 Å². The lowest BCUT2D eigenvalue weighted by Gasteiger charge is -2.14. The highest BCUT2D eigenvalue weighted by Crippen LogP contribution is 2.11. The van der Waals surface area contributed by atoms with Crippen molar-refractivity contribution in [3.05, 3.63) is 99.3 Å². The SMILES string of the molecule is Nc1ccc(Cn2c(=O)n(CCOc3ccccc3)c(=O)c3cccnc32)cc1. The average Bonchev–Trinajstić information content (AvgIpc) is 2.75. The lowest BCUT2D eigenvalue weighted by Crippen LogP contribution is -2.41. The van der Waals surface area contributed by atoms with Crippen LogP contribution < -0.4 is 21.7 Å². The third kappa shape index (κ3) is 3.89. The summed E-state index contributed by atoms with van der Waals surface area (Å²) in [5.74, 6) is 0.685. The maximum absolute atomic E-state index is 13.1. The van der Waals surface area contributed by atoms with Crippen molar-refractivity contribution in [2.75, 3.05) is 12.3 Å². The first kappa shape index (κ1) is 18.5.